The Morgan fingerprint density at radius 2 is 1.45 bits per heavy atom. The summed E-state index contributed by atoms with van der Waals surface area (Å²) in [4.78, 5) is 33.3. The first-order valence-electron chi connectivity index (χ1n) is 6.47. The van der Waals surface area contributed by atoms with Crippen LogP contribution in [0.5, 0.6) is 0 Å². The van der Waals surface area contributed by atoms with Crippen LogP contribution in [0.25, 0.3) is 0 Å². The van der Waals surface area contributed by atoms with Gasteiger partial charge in [-0.25, -0.2) is 0 Å². The van der Waals surface area contributed by atoms with Crippen molar-refractivity contribution in [2.45, 2.75) is 49.5 Å². The predicted octanol–water partition coefficient (Wildman–Crippen LogP) is 0.770. The van der Waals surface area contributed by atoms with Gasteiger partial charge in [-0.3, -0.25) is 9.13 Å². The van der Waals surface area contributed by atoms with E-state index in [9.17, 15) is 9.13 Å². The van der Waals surface area contributed by atoms with Gasteiger partial charge in [-0.05, 0) is 32.1 Å². The summed E-state index contributed by atoms with van der Waals surface area (Å²) in [6.45, 7) is 2.00. The van der Waals surface area contributed by atoms with Crippen molar-refractivity contribution < 1.29 is 38.5 Å². The molecule has 0 aromatic carbocycles. The van der Waals surface area contributed by atoms with Gasteiger partial charge in [0.25, 0.3) is 0 Å². The first-order valence-corrected chi connectivity index (χ1v) is 9.70. The topological polar surface area (TPSA) is 145 Å². The molecule has 8 nitrogen and oxygen atoms in total. The van der Waals surface area contributed by atoms with Crippen LogP contribution in [0.1, 0.15) is 38.5 Å². The monoisotopic (exact) mass is 332 g/mol. The SMILES string of the molecule is C1CCOCC1.O=P(O)(O)C1(P(=O)(O)O)CCC(O)C1. The van der Waals surface area contributed by atoms with E-state index in [1.807, 2.05) is 0 Å². The van der Waals surface area contributed by atoms with E-state index in [0.29, 0.717) is 0 Å². The summed E-state index contributed by atoms with van der Waals surface area (Å²) in [6, 6.07) is 0. The molecule has 1 aliphatic heterocycles. The highest BCUT2D eigenvalue weighted by Crippen LogP contribution is 2.74. The van der Waals surface area contributed by atoms with E-state index in [2.05, 4.69) is 0 Å². The fourth-order valence-corrected chi connectivity index (χ4v) is 5.46. The molecule has 5 N–H and O–H groups in total. The molecule has 0 bridgehead atoms. The number of aliphatic hydroxyl groups is 1. The second kappa shape index (κ2) is 6.99. The Morgan fingerprint density at radius 1 is 0.950 bits per heavy atom. The smallest absolute Gasteiger partial charge is 0.343 e. The molecule has 1 atom stereocenters. The van der Waals surface area contributed by atoms with Crippen molar-refractivity contribution in [1.82, 2.24) is 0 Å². The minimum Gasteiger partial charge on any atom is -0.393 e. The van der Waals surface area contributed by atoms with Gasteiger partial charge in [0.15, 0.2) is 4.90 Å². The molecule has 0 radical (unpaired) electrons. The minimum absolute atomic E-state index is 0.00375. The van der Waals surface area contributed by atoms with Crippen LogP contribution in [0, 0.1) is 0 Å². The molecular weight excluding hydrogens is 310 g/mol. The van der Waals surface area contributed by atoms with Crippen molar-refractivity contribution in [2.24, 2.45) is 0 Å². The van der Waals surface area contributed by atoms with E-state index in [4.69, 9.17) is 29.4 Å². The van der Waals surface area contributed by atoms with Crippen LogP contribution in [0.4, 0.5) is 0 Å². The Bertz CT molecular complexity index is 363. The van der Waals surface area contributed by atoms with Gasteiger partial charge in [-0.1, -0.05) is 0 Å². The minimum atomic E-state index is -4.93. The molecule has 0 aromatic rings. The number of hydrogen-bond donors (Lipinski definition) is 5. The van der Waals surface area contributed by atoms with Gasteiger partial charge in [0, 0.05) is 19.6 Å². The summed E-state index contributed by atoms with van der Waals surface area (Å²) in [5.74, 6) is 0. The van der Waals surface area contributed by atoms with E-state index in [1.54, 1.807) is 0 Å². The number of ether oxygens (including phenoxy) is 1. The molecule has 2 aliphatic rings. The highest BCUT2D eigenvalue weighted by atomic mass is 31.2. The summed E-state index contributed by atoms with van der Waals surface area (Å²) >= 11 is 0. The molecule has 120 valence electrons. The van der Waals surface area contributed by atoms with Crippen molar-refractivity contribution in [3.8, 4) is 0 Å². The van der Waals surface area contributed by atoms with E-state index < -0.39 is 32.6 Å². The molecule has 1 unspecified atom stereocenters. The van der Waals surface area contributed by atoms with Gasteiger partial charge in [0.2, 0.25) is 0 Å². The third-order valence-electron chi connectivity index (χ3n) is 3.60. The number of rotatable bonds is 2. The van der Waals surface area contributed by atoms with Crippen LogP contribution in [0.3, 0.4) is 0 Å². The molecule has 1 saturated heterocycles. The molecule has 1 aliphatic carbocycles. The average Bonchev–Trinajstić information content (AvgIpc) is 2.75. The fraction of sp³-hybridized carbons (Fsp3) is 1.00. The third kappa shape index (κ3) is 4.36. The van der Waals surface area contributed by atoms with E-state index in [1.165, 1.54) is 19.3 Å². The second-order valence-electron chi connectivity index (χ2n) is 5.14. The largest absolute Gasteiger partial charge is 0.393 e. The Balaban J connectivity index is 0.000000276. The summed E-state index contributed by atoms with van der Waals surface area (Å²) in [7, 11) is -9.85. The Hall–Kier alpha value is 0.220. The molecule has 0 aromatic heterocycles. The Kier molecular flexibility index (Phi) is 6.38. The highest BCUT2D eigenvalue weighted by Gasteiger charge is 2.63. The van der Waals surface area contributed by atoms with Crippen LogP contribution in [0.2, 0.25) is 0 Å². The predicted molar refractivity (Wildman–Crippen MR) is 71.3 cm³/mol. The highest BCUT2D eigenvalue weighted by molar-refractivity contribution is 7.72. The van der Waals surface area contributed by atoms with Crippen LogP contribution in [0.15, 0.2) is 0 Å². The molecule has 2 fully saturated rings. The molecule has 0 amide bonds. The molecule has 1 saturated carbocycles. The van der Waals surface area contributed by atoms with E-state index in [0.717, 1.165) is 13.2 Å². The van der Waals surface area contributed by atoms with Crippen LogP contribution >= 0.6 is 15.2 Å². The quantitative estimate of drug-likeness (QED) is 0.466. The van der Waals surface area contributed by atoms with Crippen molar-refractivity contribution in [3.63, 3.8) is 0 Å². The van der Waals surface area contributed by atoms with Gasteiger partial charge in [-0.15, -0.1) is 0 Å². The second-order valence-corrected chi connectivity index (χ2v) is 9.38. The summed E-state index contributed by atoms with van der Waals surface area (Å²) in [6.07, 6.45) is 1.95. The molecule has 0 spiro atoms. The van der Waals surface area contributed by atoms with Crippen molar-refractivity contribution in [1.29, 1.82) is 0 Å². The molecule has 20 heavy (non-hydrogen) atoms. The summed E-state index contributed by atoms with van der Waals surface area (Å²) in [5.41, 5.74) is 0. The van der Waals surface area contributed by atoms with Gasteiger partial charge >= 0.3 is 15.2 Å². The lowest BCUT2D eigenvalue weighted by Gasteiger charge is -2.30. The van der Waals surface area contributed by atoms with Gasteiger partial charge < -0.3 is 29.4 Å². The van der Waals surface area contributed by atoms with Gasteiger partial charge in [-0.2, -0.15) is 0 Å². The Labute approximate surface area is 117 Å². The molecule has 1 heterocycles. The number of aliphatic hydroxyl groups excluding tert-OH is 1. The maximum absolute atomic E-state index is 11.0. The van der Waals surface area contributed by atoms with E-state index >= 15 is 0 Å². The zero-order valence-electron chi connectivity index (χ0n) is 11.1. The number of hydrogen-bond acceptors (Lipinski definition) is 4. The van der Waals surface area contributed by atoms with E-state index in [-0.39, 0.29) is 12.8 Å². The average molecular weight is 332 g/mol. The lowest BCUT2D eigenvalue weighted by Crippen LogP contribution is -2.26. The van der Waals surface area contributed by atoms with Gasteiger partial charge in [0.1, 0.15) is 0 Å². The first kappa shape index (κ1) is 18.3. The fourth-order valence-electron chi connectivity index (χ4n) is 2.37. The van der Waals surface area contributed by atoms with Crippen LogP contribution in [-0.2, 0) is 13.9 Å². The molecular formula is C10H22O8P2. The van der Waals surface area contributed by atoms with Crippen LogP contribution in [-0.4, -0.2) is 48.9 Å². The lowest BCUT2D eigenvalue weighted by molar-refractivity contribution is 0.0968. The normalized spacial score (nSPS) is 26.8. The molecule has 2 rings (SSSR count). The third-order valence-corrected chi connectivity index (χ3v) is 8.15. The summed E-state index contributed by atoms with van der Waals surface area (Å²) < 4.78 is 27.1. The molecule has 10 heteroatoms. The summed E-state index contributed by atoms with van der Waals surface area (Å²) in [5, 5.41) is 9.10. The zero-order chi connectivity index (χ0) is 15.4. The first-order chi connectivity index (χ1) is 9.10. The lowest BCUT2D eigenvalue weighted by atomic mass is 10.2. The van der Waals surface area contributed by atoms with Crippen molar-refractivity contribution in [3.05, 3.63) is 0 Å². The maximum Gasteiger partial charge on any atom is 0.343 e. The van der Waals surface area contributed by atoms with Crippen molar-refractivity contribution >= 4 is 15.2 Å². The standard InChI is InChI=1S/C5H12O7P2.C5H10O/c6-4-1-2-5(3-4,13(7,8)9)14(10,11)12;1-2-4-6-5-3-1/h4,6H,1-3H2,(H2,7,8,9)(H2,10,11,12);1-5H2. The van der Waals surface area contributed by atoms with Gasteiger partial charge in [0.05, 0.1) is 6.10 Å². The van der Waals surface area contributed by atoms with Crippen molar-refractivity contribution in [2.75, 3.05) is 13.2 Å². The Morgan fingerprint density at radius 3 is 1.60 bits per heavy atom. The van der Waals surface area contributed by atoms with Crippen LogP contribution < -0.4 is 0 Å². The maximum atomic E-state index is 11.0. The zero-order valence-corrected chi connectivity index (χ0v) is 12.9.